The van der Waals surface area contributed by atoms with Crippen molar-refractivity contribution in [1.29, 1.82) is 0 Å². The van der Waals surface area contributed by atoms with E-state index < -0.39 is 24.0 Å². The fourth-order valence-corrected chi connectivity index (χ4v) is 1.93. The highest BCUT2D eigenvalue weighted by atomic mass is 16.5. The maximum Gasteiger partial charge on any atom is 0.338 e. The predicted octanol–water partition coefficient (Wildman–Crippen LogP) is 2.01. The van der Waals surface area contributed by atoms with E-state index in [9.17, 15) is 14.4 Å². The Balaban J connectivity index is 1.89. The molecule has 0 spiro atoms. The molecule has 2 rings (SSSR count). The first-order valence-electron chi connectivity index (χ1n) is 7.54. The van der Waals surface area contributed by atoms with Gasteiger partial charge in [0, 0.05) is 0 Å². The van der Waals surface area contributed by atoms with Crippen molar-refractivity contribution < 1.29 is 23.9 Å². The van der Waals surface area contributed by atoms with E-state index in [1.54, 1.807) is 12.1 Å². The van der Waals surface area contributed by atoms with Crippen LogP contribution in [0.1, 0.15) is 22.8 Å². The number of primary amides is 1. The third kappa shape index (κ3) is 5.65. The van der Waals surface area contributed by atoms with Crippen LogP contribution in [0, 0.1) is 0 Å². The highest BCUT2D eigenvalue weighted by molar-refractivity contribution is 5.98. The lowest BCUT2D eigenvalue weighted by atomic mass is 10.2. The molecule has 130 valence electrons. The van der Waals surface area contributed by atoms with Gasteiger partial charge in [-0.15, -0.1) is 0 Å². The number of nitrogens with two attached hydrogens (primary N) is 1. The van der Waals surface area contributed by atoms with Crippen LogP contribution in [0.2, 0.25) is 0 Å². The second-order valence-corrected chi connectivity index (χ2v) is 5.20. The Bertz CT molecular complexity index is 744. The van der Waals surface area contributed by atoms with E-state index >= 15 is 0 Å². The van der Waals surface area contributed by atoms with Crippen molar-refractivity contribution in [1.82, 2.24) is 5.32 Å². The third-order valence-corrected chi connectivity index (χ3v) is 3.24. The van der Waals surface area contributed by atoms with Crippen molar-refractivity contribution in [2.75, 3.05) is 0 Å². The first-order valence-corrected chi connectivity index (χ1v) is 7.54. The quantitative estimate of drug-likeness (QED) is 0.781. The van der Waals surface area contributed by atoms with E-state index in [1.165, 1.54) is 19.1 Å². The zero-order valence-electron chi connectivity index (χ0n) is 13.6. The molecule has 0 aliphatic rings. The van der Waals surface area contributed by atoms with Crippen LogP contribution in [0.3, 0.4) is 0 Å². The molecule has 0 saturated carbocycles. The molecule has 1 atom stereocenters. The average molecular weight is 342 g/mol. The molecular formula is C18H18N2O5. The van der Waals surface area contributed by atoms with Gasteiger partial charge < -0.3 is 15.2 Å². The van der Waals surface area contributed by atoms with Crippen LogP contribution in [0.25, 0.3) is 0 Å². The smallest absolute Gasteiger partial charge is 0.338 e. The first kappa shape index (κ1) is 18.0. The summed E-state index contributed by atoms with van der Waals surface area (Å²) in [6.45, 7) is 1.75. The number of urea groups is 1. The summed E-state index contributed by atoms with van der Waals surface area (Å²) >= 11 is 0. The van der Waals surface area contributed by atoms with Gasteiger partial charge in [0.25, 0.3) is 5.91 Å². The van der Waals surface area contributed by atoms with Gasteiger partial charge in [-0.1, -0.05) is 30.3 Å². The summed E-state index contributed by atoms with van der Waals surface area (Å²) < 4.78 is 10.6. The van der Waals surface area contributed by atoms with Crippen LogP contribution in [-0.4, -0.2) is 24.0 Å². The van der Waals surface area contributed by atoms with Crippen molar-refractivity contribution in [2.24, 2.45) is 5.73 Å². The summed E-state index contributed by atoms with van der Waals surface area (Å²) in [5.41, 5.74) is 6.12. The van der Waals surface area contributed by atoms with Crippen molar-refractivity contribution in [3.05, 3.63) is 65.7 Å². The van der Waals surface area contributed by atoms with Gasteiger partial charge in [0.05, 0.1) is 5.56 Å². The molecule has 0 radical (unpaired) electrons. The van der Waals surface area contributed by atoms with Gasteiger partial charge in [-0.2, -0.15) is 0 Å². The zero-order chi connectivity index (χ0) is 18.2. The summed E-state index contributed by atoms with van der Waals surface area (Å²) in [4.78, 5) is 34.1. The Kier molecular flexibility index (Phi) is 6.11. The lowest BCUT2D eigenvalue weighted by Crippen LogP contribution is -2.42. The molecule has 0 aliphatic carbocycles. The van der Waals surface area contributed by atoms with Gasteiger partial charge in [0.2, 0.25) is 0 Å². The highest BCUT2D eigenvalue weighted by Gasteiger charge is 2.19. The molecule has 0 bridgehead atoms. The molecule has 0 saturated heterocycles. The van der Waals surface area contributed by atoms with Crippen molar-refractivity contribution >= 4 is 17.9 Å². The Hall–Kier alpha value is -3.35. The minimum absolute atomic E-state index is 0.255. The van der Waals surface area contributed by atoms with E-state index in [4.69, 9.17) is 15.2 Å². The monoisotopic (exact) mass is 342 g/mol. The number of rotatable bonds is 6. The Morgan fingerprint density at radius 3 is 2.28 bits per heavy atom. The van der Waals surface area contributed by atoms with E-state index in [-0.39, 0.29) is 5.56 Å². The number of esters is 1. The number of amides is 3. The normalized spacial score (nSPS) is 11.2. The maximum absolute atomic E-state index is 12.0. The van der Waals surface area contributed by atoms with Gasteiger partial charge in [-0.3, -0.25) is 10.1 Å². The molecule has 2 aromatic carbocycles. The Labute approximate surface area is 144 Å². The van der Waals surface area contributed by atoms with E-state index in [2.05, 4.69) is 0 Å². The molecule has 0 heterocycles. The number of carbonyl (C=O) groups is 3. The summed E-state index contributed by atoms with van der Waals surface area (Å²) in [6.07, 6.45) is -1.14. The summed E-state index contributed by atoms with van der Waals surface area (Å²) in [6, 6.07) is 15.0. The SMILES string of the molecule is C[C@H](OC(=O)c1ccc(OCc2ccccc2)cc1)C(=O)NC(N)=O. The van der Waals surface area contributed by atoms with Crippen molar-refractivity contribution in [3.63, 3.8) is 0 Å². The van der Waals surface area contributed by atoms with Crippen LogP contribution in [0.15, 0.2) is 54.6 Å². The van der Waals surface area contributed by atoms with Crippen molar-refractivity contribution in [3.8, 4) is 5.75 Å². The summed E-state index contributed by atoms with van der Waals surface area (Å²) in [5, 5.41) is 1.84. The van der Waals surface area contributed by atoms with Gasteiger partial charge >= 0.3 is 12.0 Å². The van der Waals surface area contributed by atoms with E-state index in [1.807, 2.05) is 35.6 Å². The van der Waals surface area contributed by atoms with Crippen LogP contribution in [0.4, 0.5) is 4.79 Å². The summed E-state index contributed by atoms with van der Waals surface area (Å²) in [7, 11) is 0. The summed E-state index contributed by atoms with van der Waals surface area (Å²) in [5.74, 6) is -0.884. The van der Waals surface area contributed by atoms with Crippen LogP contribution in [-0.2, 0) is 16.1 Å². The molecule has 7 nitrogen and oxygen atoms in total. The Morgan fingerprint density at radius 2 is 1.68 bits per heavy atom. The standard InChI is InChI=1S/C18H18N2O5/c1-12(16(21)20-18(19)23)25-17(22)14-7-9-15(10-8-14)24-11-13-5-3-2-4-6-13/h2-10,12H,11H2,1H3,(H3,19,20,21,23)/t12-/m0/s1. The van der Waals surface area contributed by atoms with Gasteiger partial charge in [0.15, 0.2) is 6.10 Å². The third-order valence-electron chi connectivity index (χ3n) is 3.24. The molecule has 25 heavy (non-hydrogen) atoms. The van der Waals surface area contributed by atoms with E-state index in [0.29, 0.717) is 12.4 Å². The molecule has 2 aromatic rings. The molecule has 3 N–H and O–H groups in total. The molecule has 0 aliphatic heterocycles. The molecule has 0 unspecified atom stereocenters. The number of nitrogens with one attached hydrogen (secondary N) is 1. The predicted molar refractivity (Wildman–Crippen MR) is 89.8 cm³/mol. The van der Waals surface area contributed by atoms with Gasteiger partial charge in [-0.25, -0.2) is 9.59 Å². The minimum atomic E-state index is -1.14. The van der Waals surface area contributed by atoms with E-state index in [0.717, 1.165) is 5.56 Å². The lowest BCUT2D eigenvalue weighted by Gasteiger charge is -2.12. The van der Waals surface area contributed by atoms with Gasteiger partial charge in [-0.05, 0) is 36.8 Å². The molecule has 0 aromatic heterocycles. The number of hydrogen-bond donors (Lipinski definition) is 2. The van der Waals surface area contributed by atoms with Crippen molar-refractivity contribution in [2.45, 2.75) is 19.6 Å². The first-order chi connectivity index (χ1) is 12.0. The van der Waals surface area contributed by atoms with Crippen LogP contribution in [0.5, 0.6) is 5.75 Å². The second kappa shape index (κ2) is 8.49. The number of ether oxygens (including phenoxy) is 2. The highest BCUT2D eigenvalue weighted by Crippen LogP contribution is 2.15. The Morgan fingerprint density at radius 1 is 1.04 bits per heavy atom. The fourth-order valence-electron chi connectivity index (χ4n) is 1.93. The minimum Gasteiger partial charge on any atom is -0.489 e. The van der Waals surface area contributed by atoms with Crippen LogP contribution < -0.4 is 15.8 Å². The number of benzene rings is 2. The molecule has 7 heteroatoms. The molecule has 0 fully saturated rings. The second-order valence-electron chi connectivity index (χ2n) is 5.20. The topological polar surface area (TPSA) is 108 Å². The largest absolute Gasteiger partial charge is 0.489 e. The number of hydrogen-bond acceptors (Lipinski definition) is 5. The molecular weight excluding hydrogens is 324 g/mol. The van der Waals surface area contributed by atoms with Gasteiger partial charge in [0.1, 0.15) is 12.4 Å². The lowest BCUT2D eigenvalue weighted by molar-refractivity contribution is -0.127. The maximum atomic E-state index is 12.0. The average Bonchev–Trinajstić information content (AvgIpc) is 2.60. The van der Waals surface area contributed by atoms with Crippen LogP contribution >= 0.6 is 0 Å². The molecule has 3 amide bonds. The fraction of sp³-hybridized carbons (Fsp3) is 0.167. The zero-order valence-corrected chi connectivity index (χ0v) is 13.6. The number of imide groups is 1. The number of carbonyl (C=O) groups excluding carboxylic acids is 3.